The van der Waals surface area contributed by atoms with Crippen LogP contribution in [0.3, 0.4) is 0 Å². The second-order valence-electron chi connectivity index (χ2n) is 3.86. The highest BCUT2D eigenvalue weighted by molar-refractivity contribution is 7.80. The molecule has 1 unspecified atom stereocenters. The van der Waals surface area contributed by atoms with E-state index in [1.165, 1.54) is 19.4 Å². The zero-order valence-corrected chi connectivity index (χ0v) is 9.44. The van der Waals surface area contributed by atoms with Crippen molar-refractivity contribution in [2.75, 3.05) is 13.1 Å². The summed E-state index contributed by atoms with van der Waals surface area (Å²) in [5.41, 5.74) is 5.71. The van der Waals surface area contributed by atoms with Gasteiger partial charge in [-0.05, 0) is 31.7 Å². The second kappa shape index (κ2) is 4.91. The third kappa shape index (κ3) is 3.24. The molecule has 0 aromatic heterocycles. The minimum atomic E-state index is 0.320. The van der Waals surface area contributed by atoms with Crippen LogP contribution >= 0.6 is 12.2 Å². The first-order chi connectivity index (χ1) is 6.19. The van der Waals surface area contributed by atoms with E-state index in [1.54, 1.807) is 0 Å². The van der Waals surface area contributed by atoms with Crippen molar-refractivity contribution in [2.45, 2.75) is 39.2 Å². The van der Waals surface area contributed by atoms with Crippen LogP contribution in [0.2, 0.25) is 0 Å². The van der Waals surface area contributed by atoms with Crippen LogP contribution in [0.4, 0.5) is 0 Å². The minimum Gasteiger partial charge on any atom is -0.392 e. The van der Waals surface area contributed by atoms with Crippen molar-refractivity contribution in [3.05, 3.63) is 0 Å². The quantitative estimate of drug-likeness (QED) is 0.663. The summed E-state index contributed by atoms with van der Waals surface area (Å²) in [6.07, 6.45) is 3.82. The summed E-state index contributed by atoms with van der Waals surface area (Å²) in [6.45, 7) is 6.58. The fourth-order valence-electron chi connectivity index (χ4n) is 1.75. The van der Waals surface area contributed by atoms with Crippen molar-refractivity contribution in [3.63, 3.8) is 0 Å². The predicted octanol–water partition coefficient (Wildman–Crippen LogP) is 1.78. The number of thiocarbonyl (C=S) groups is 1. The van der Waals surface area contributed by atoms with E-state index >= 15 is 0 Å². The van der Waals surface area contributed by atoms with Crippen LogP contribution < -0.4 is 5.73 Å². The van der Waals surface area contributed by atoms with Gasteiger partial charge >= 0.3 is 0 Å². The third-order valence-corrected chi connectivity index (χ3v) is 3.02. The van der Waals surface area contributed by atoms with Crippen molar-refractivity contribution < 1.29 is 0 Å². The number of nitrogens with zero attached hydrogens (tertiary/aromatic N) is 1. The maximum atomic E-state index is 5.71. The van der Waals surface area contributed by atoms with E-state index in [2.05, 4.69) is 18.7 Å². The van der Waals surface area contributed by atoms with E-state index < -0.39 is 0 Å². The van der Waals surface area contributed by atoms with Crippen LogP contribution in [0.1, 0.15) is 33.1 Å². The lowest BCUT2D eigenvalue weighted by Crippen LogP contribution is -2.44. The zero-order chi connectivity index (χ0) is 9.84. The average molecular weight is 200 g/mol. The fraction of sp³-hybridized carbons (Fsp3) is 0.900. The molecule has 1 aliphatic rings. The lowest BCUT2D eigenvalue weighted by molar-refractivity contribution is 0.240. The molecule has 0 amide bonds. The van der Waals surface area contributed by atoms with Gasteiger partial charge in [0.1, 0.15) is 0 Å². The lowest BCUT2D eigenvalue weighted by Gasteiger charge is -2.28. The van der Waals surface area contributed by atoms with E-state index in [0.29, 0.717) is 11.0 Å². The van der Waals surface area contributed by atoms with E-state index in [-0.39, 0.29) is 0 Å². The monoisotopic (exact) mass is 200 g/mol. The SMILES string of the molecule is CCC(C(N)=S)N(CC)CC1CC1. The molecule has 0 saturated heterocycles. The van der Waals surface area contributed by atoms with E-state index in [1.807, 2.05) is 0 Å². The van der Waals surface area contributed by atoms with Crippen LogP contribution in [0.15, 0.2) is 0 Å². The summed E-state index contributed by atoms with van der Waals surface area (Å²) in [6, 6.07) is 0.320. The third-order valence-electron chi connectivity index (χ3n) is 2.75. The highest BCUT2D eigenvalue weighted by Gasteiger charge is 2.27. The molecular weight excluding hydrogens is 180 g/mol. The first-order valence-electron chi connectivity index (χ1n) is 5.22. The number of likely N-dealkylation sites (N-methyl/N-ethyl adjacent to an activating group) is 1. The molecule has 1 rings (SSSR count). The molecule has 1 atom stereocenters. The molecule has 1 aliphatic carbocycles. The number of rotatable bonds is 6. The first kappa shape index (κ1) is 10.9. The Kier molecular flexibility index (Phi) is 4.13. The Balaban J connectivity index is 2.44. The Morgan fingerprint density at radius 2 is 2.15 bits per heavy atom. The van der Waals surface area contributed by atoms with Gasteiger partial charge in [-0.15, -0.1) is 0 Å². The van der Waals surface area contributed by atoms with Crippen molar-refractivity contribution in [2.24, 2.45) is 11.7 Å². The topological polar surface area (TPSA) is 29.3 Å². The van der Waals surface area contributed by atoms with Gasteiger partial charge in [0.2, 0.25) is 0 Å². The summed E-state index contributed by atoms with van der Waals surface area (Å²) in [7, 11) is 0. The van der Waals surface area contributed by atoms with Crippen LogP contribution in [-0.2, 0) is 0 Å². The Bertz CT molecular complexity index is 178. The van der Waals surface area contributed by atoms with E-state index in [4.69, 9.17) is 18.0 Å². The Morgan fingerprint density at radius 3 is 2.46 bits per heavy atom. The normalized spacial score (nSPS) is 19.0. The Hall–Kier alpha value is -0.150. The van der Waals surface area contributed by atoms with E-state index in [0.717, 1.165) is 18.9 Å². The highest BCUT2D eigenvalue weighted by atomic mass is 32.1. The van der Waals surface area contributed by atoms with Gasteiger partial charge in [-0.2, -0.15) is 0 Å². The molecule has 1 saturated carbocycles. The minimum absolute atomic E-state index is 0.320. The highest BCUT2D eigenvalue weighted by Crippen LogP contribution is 2.30. The molecule has 0 heterocycles. The first-order valence-corrected chi connectivity index (χ1v) is 5.63. The summed E-state index contributed by atoms with van der Waals surface area (Å²) >= 11 is 5.07. The standard InChI is InChI=1S/C10H20N2S/c1-3-9(10(11)13)12(4-2)7-8-5-6-8/h8-9H,3-7H2,1-2H3,(H2,11,13). The molecule has 2 N–H and O–H groups in total. The molecule has 0 aliphatic heterocycles. The van der Waals surface area contributed by atoms with Gasteiger partial charge < -0.3 is 5.73 Å². The lowest BCUT2D eigenvalue weighted by atomic mass is 10.1. The molecule has 0 aromatic carbocycles. The van der Waals surface area contributed by atoms with Crippen molar-refractivity contribution >= 4 is 17.2 Å². The molecular formula is C10H20N2S. The van der Waals surface area contributed by atoms with Gasteiger partial charge in [0.05, 0.1) is 11.0 Å². The van der Waals surface area contributed by atoms with Crippen LogP contribution in [0.5, 0.6) is 0 Å². The summed E-state index contributed by atoms with van der Waals surface area (Å²) < 4.78 is 0. The molecule has 13 heavy (non-hydrogen) atoms. The maximum Gasteiger partial charge on any atom is 0.0901 e. The Morgan fingerprint density at radius 1 is 1.54 bits per heavy atom. The van der Waals surface area contributed by atoms with Gasteiger partial charge in [-0.25, -0.2) is 0 Å². The molecule has 0 radical (unpaired) electrons. The molecule has 3 heteroatoms. The van der Waals surface area contributed by atoms with Crippen molar-refractivity contribution in [3.8, 4) is 0 Å². The van der Waals surface area contributed by atoms with Gasteiger partial charge in [0.15, 0.2) is 0 Å². The van der Waals surface area contributed by atoms with Crippen LogP contribution in [0.25, 0.3) is 0 Å². The molecule has 1 fully saturated rings. The largest absolute Gasteiger partial charge is 0.392 e. The maximum absolute atomic E-state index is 5.71. The molecule has 0 bridgehead atoms. The number of nitrogens with two attached hydrogens (primary N) is 1. The molecule has 0 spiro atoms. The van der Waals surface area contributed by atoms with Gasteiger partial charge in [-0.3, -0.25) is 4.90 Å². The van der Waals surface area contributed by atoms with Gasteiger partial charge in [0.25, 0.3) is 0 Å². The fourth-order valence-corrected chi connectivity index (χ4v) is 2.06. The number of hydrogen-bond donors (Lipinski definition) is 1. The van der Waals surface area contributed by atoms with Crippen LogP contribution in [-0.4, -0.2) is 29.0 Å². The molecule has 0 aromatic rings. The second-order valence-corrected chi connectivity index (χ2v) is 4.33. The summed E-state index contributed by atoms with van der Waals surface area (Å²) in [5, 5.41) is 0. The molecule has 2 nitrogen and oxygen atoms in total. The zero-order valence-electron chi connectivity index (χ0n) is 8.62. The summed E-state index contributed by atoms with van der Waals surface area (Å²) in [4.78, 5) is 3.07. The Labute approximate surface area is 86.5 Å². The summed E-state index contributed by atoms with van der Waals surface area (Å²) in [5.74, 6) is 0.920. The van der Waals surface area contributed by atoms with Gasteiger partial charge in [-0.1, -0.05) is 26.1 Å². The van der Waals surface area contributed by atoms with E-state index in [9.17, 15) is 0 Å². The smallest absolute Gasteiger partial charge is 0.0901 e. The van der Waals surface area contributed by atoms with Crippen LogP contribution in [0, 0.1) is 5.92 Å². The number of hydrogen-bond acceptors (Lipinski definition) is 2. The molecule has 76 valence electrons. The van der Waals surface area contributed by atoms with Gasteiger partial charge in [0, 0.05) is 6.54 Å². The van der Waals surface area contributed by atoms with Crippen molar-refractivity contribution in [1.29, 1.82) is 0 Å². The predicted molar refractivity (Wildman–Crippen MR) is 60.8 cm³/mol. The van der Waals surface area contributed by atoms with Crippen molar-refractivity contribution in [1.82, 2.24) is 4.90 Å². The average Bonchev–Trinajstić information content (AvgIpc) is 2.87.